The first kappa shape index (κ1) is 22.2. The maximum atomic E-state index is 13.2. The zero-order chi connectivity index (χ0) is 22.5. The lowest BCUT2D eigenvalue weighted by atomic mass is 10.0. The molecule has 0 saturated carbocycles. The number of para-hydroxylation sites is 1. The van der Waals surface area contributed by atoms with Gasteiger partial charge in [0.25, 0.3) is 5.56 Å². The second-order valence-electron chi connectivity index (χ2n) is 8.01. The number of fused-ring (bicyclic) bond motifs is 1. The van der Waals surface area contributed by atoms with Gasteiger partial charge in [-0.2, -0.15) is 0 Å². The number of H-pyrrole nitrogens is 1. The van der Waals surface area contributed by atoms with Crippen LogP contribution in [0.2, 0.25) is 0 Å². The molecule has 0 saturated heterocycles. The number of hydrogen-bond donors (Lipinski definition) is 2. The molecule has 0 spiro atoms. The van der Waals surface area contributed by atoms with Crippen molar-refractivity contribution in [1.29, 1.82) is 0 Å². The van der Waals surface area contributed by atoms with Gasteiger partial charge in [0, 0.05) is 13.0 Å². The van der Waals surface area contributed by atoms with Crippen molar-refractivity contribution in [2.75, 3.05) is 0 Å². The number of nitrogens with one attached hydrogen (secondary N) is 2. The summed E-state index contributed by atoms with van der Waals surface area (Å²) >= 11 is 0. The van der Waals surface area contributed by atoms with E-state index in [1.54, 1.807) is 23.1 Å². The van der Waals surface area contributed by atoms with Crippen molar-refractivity contribution in [2.24, 2.45) is 0 Å². The number of carbonyl (C=O) groups excluding carboxylic acids is 2. The summed E-state index contributed by atoms with van der Waals surface area (Å²) in [5, 5.41) is 3.39. The smallest absolute Gasteiger partial charge is 0.258 e. The van der Waals surface area contributed by atoms with Crippen molar-refractivity contribution in [3.63, 3.8) is 0 Å². The first-order valence-electron chi connectivity index (χ1n) is 10.4. The molecular formula is C24H28N4O3. The Morgan fingerprint density at radius 2 is 1.77 bits per heavy atom. The van der Waals surface area contributed by atoms with Crippen LogP contribution >= 0.6 is 0 Å². The van der Waals surface area contributed by atoms with Crippen LogP contribution in [0.15, 0.2) is 53.3 Å². The summed E-state index contributed by atoms with van der Waals surface area (Å²) in [6, 6.07) is 14.3. The predicted octanol–water partition coefficient (Wildman–Crippen LogP) is 3.24. The standard InChI is InChI=1S/C24H28N4O3/c1-15(2)28(14-22-26-20-8-6-5-7-19(20)24(31)27-22)23(30)13-21(25-17(4)29)18-11-9-16(3)10-12-18/h5-12,15,21H,13-14H2,1-4H3,(H,25,29)(H,26,27,31). The molecule has 1 aromatic heterocycles. The number of rotatable bonds is 7. The van der Waals surface area contributed by atoms with Crippen molar-refractivity contribution in [3.8, 4) is 0 Å². The number of amides is 2. The number of hydrogen-bond acceptors (Lipinski definition) is 4. The Hall–Kier alpha value is -3.48. The van der Waals surface area contributed by atoms with E-state index in [9.17, 15) is 14.4 Å². The van der Waals surface area contributed by atoms with Gasteiger partial charge >= 0.3 is 0 Å². The molecule has 1 atom stereocenters. The van der Waals surface area contributed by atoms with Gasteiger partial charge in [0.05, 0.1) is 29.9 Å². The van der Waals surface area contributed by atoms with Crippen molar-refractivity contribution < 1.29 is 9.59 Å². The highest BCUT2D eigenvalue weighted by molar-refractivity contribution is 5.80. The van der Waals surface area contributed by atoms with E-state index in [0.29, 0.717) is 16.7 Å². The summed E-state index contributed by atoms with van der Waals surface area (Å²) in [5.41, 5.74) is 2.34. The van der Waals surface area contributed by atoms with E-state index >= 15 is 0 Å². The van der Waals surface area contributed by atoms with E-state index < -0.39 is 6.04 Å². The van der Waals surface area contributed by atoms with Crippen LogP contribution in [-0.2, 0) is 16.1 Å². The summed E-state index contributed by atoms with van der Waals surface area (Å²) in [4.78, 5) is 46.3. The number of benzene rings is 2. The van der Waals surface area contributed by atoms with E-state index in [1.807, 2.05) is 51.1 Å². The van der Waals surface area contributed by atoms with Crippen LogP contribution in [-0.4, -0.2) is 32.7 Å². The Bertz CT molecular complexity index is 1140. The molecule has 3 rings (SSSR count). The highest BCUT2D eigenvalue weighted by atomic mass is 16.2. The summed E-state index contributed by atoms with van der Waals surface area (Å²) in [6.45, 7) is 7.43. The highest BCUT2D eigenvalue weighted by Crippen LogP contribution is 2.20. The van der Waals surface area contributed by atoms with Gasteiger partial charge in [0.15, 0.2) is 0 Å². The Balaban J connectivity index is 1.84. The van der Waals surface area contributed by atoms with Crippen LogP contribution < -0.4 is 10.9 Å². The molecule has 1 unspecified atom stereocenters. The van der Waals surface area contributed by atoms with Crippen LogP contribution in [0.5, 0.6) is 0 Å². The van der Waals surface area contributed by atoms with E-state index in [0.717, 1.165) is 11.1 Å². The minimum Gasteiger partial charge on any atom is -0.349 e. The van der Waals surface area contributed by atoms with Gasteiger partial charge in [-0.05, 0) is 38.5 Å². The maximum Gasteiger partial charge on any atom is 0.258 e. The van der Waals surface area contributed by atoms with E-state index in [2.05, 4.69) is 15.3 Å². The van der Waals surface area contributed by atoms with Crippen molar-refractivity contribution >= 4 is 22.7 Å². The third kappa shape index (κ3) is 5.57. The summed E-state index contributed by atoms with van der Waals surface area (Å²) in [6.07, 6.45) is 0.110. The molecule has 0 bridgehead atoms. The molecule has 3 aromatic rings. The molecule has 0 aliphatic carbocycles. The van der Waals surface area contributed by atoms with E-state index in [1.165, 1.54) is 6.92 Å². The maximum absolute atomic E-state index is 13.2. The Kier molecular flexibility index (Phi) is 6.84. The molecule has 7 heteroatoms. The minimum atomic E-state index is -0.435. The zero-order valence-electron chi connectivity index (χ0n) is 18.3. The minimum absolute atomic E-state index is 0.110. The van der Waals surface area contributed by atoms with Gasteiger partial charge in [-0.25, -0.2) is 4.98 Å². The Morgan fingerprint density at radius 3 is 2.42 bits per heavy atom. The van der Waals surface area contributed by atoms with Gasteiger partial charge in [0.1, 0.15) is 5.82 Å². The van der Waals surface area contributed by atoms with Crippen molar-refractivity contribution in [3.05, 3.63) is 75.8 Å². The topological polar surface area (TPSA) is 95.2 Å². The third-order valence-electron chi connectivity index (χ3n) is 5.16. The third-order valence-corrected chi connectivity index (χ3v) is 5.16. The number of carbonyl (C=O) groups is 2. The second-order valence-corrected chi connectivity index (χ2v) is 8.01. The van der Waals surface area contributed by atoms with Crippen LogP contribution in [0.1, 0.15) is 50.2 Å². The van der Waals surface area contributed by atoms with E-state index in [-0.39, 0.29) is 36.4 Å². The normalized spacial score (nSPS) is 12.0. The van der Waals surface area contributed by atoms with Gasteiger partial charge in [-0.3, -0.25) is 14.4 Å². The fourth-order valence-corrected chi connectivity index (χ4v) is 3.52. The van der Waals surface area contributed by atoms with Crippen LogP contribution in [0.25, 0.3) is 10.9 Å². The lowest BCUT2D eigenvalue weighted by molar-refractivity contribution is -0.134. The number of nitrogens with zero attached hydrogens (tertiary/aromatic N) is 2. The van der Waals surface area contributed by atoms with Crippen LogP contribution in [0.3, 0.4) is 0 Å². The summed E-state index contributed by atoms with van der Waals surface area (Å²) < 4.78 is 0. The molecule has 7 nitrogen and oxygen atoms in total. The van der Waals surface area contributed by atoms with Crippen LogP contribution in [0.4, 0.5) is 0 Å². The highest BCUT2D eigenvalue weighted by Gasteiger charge is 2.24. The number of aromatic nitrogens is 2. The van der Waals surface area contributed by atoms with Gasteiger partial charge < -0.3 is 15.2 Å². The first-order chi connectivity index (χ1) is 14.7. The second kappa shape index (κ2) is 9.55. The van der Waals surface area contributed by atoms with Crippen molar-refractivity contribution in [1.82, 2.24) is 20.2 Å². The average molecular weight is 421 g/mol. The van der Waals surface area contributed by atoms with Gasteiger partial charge in [0.2, 0.25) is 11.8 Å². The zero-order valence-corrected chi connectivity index (χ0v) is 18.3. The molecule has 31 heavy (non-hydrogen) atoms. The summed E-state index contributed by atoms with van der Waals surface area (Å²) in [5.74, 6) is 0.0947. The fraction of sp³-hybridized carbons (Fsp3) is 0.333. The predicted molar refractivity (Wildman–Crippen MR) is 120 cm³/mol. The molecule has 2 aromatic carbocycles. The molecule has 0 radical (unpaired) electrons. The molecule has 162 valence electrons. The number of aryl methyl sites for hydroxylation is 1. The van der Waals surface area contributed by atoms with Crippen LogP contribution in [0, 0.1) is 6.92 Å². The summed E-state index contributed by atoms with van der Waals surface area (Å²) in [7, 11) is 0. The fourth-order valence-electron chi connectivity index (χ4n) is 3.52. The molecule has 0 aliphatic rings. The van der Waals surface area contributed by atoms with Gasteiger partial charge in [-0.1, -0.05) is 42.0 Å². The quantitative estimate of drug-likeness (QED) is 0.613. The SMILES string of the molecule is CC(=O)NC(CC(=O)N(Cc1nc2ccccc2c(=O)[nH]1)C(C)C)c1ccc(C)cc1. The lowest BCUT2D eigenvalue weighted by Gasteiger charge is -2.28. The largest absolute Gasteiger partial charge is 0.349 e. The monoisotopic (exact) mass is 420 g/mol. The molecule has 2 N–H and O–H groups in total. The Morgan fingerprint density at radius 1 is 1.10 bits per heavy atom. The Labute approximate surface area is 181 Å². The van der Waals surface area contributed by atoms with Gasteiger partial charge in [-0.15, -0.1) is 0 Å². The molecule has 0 fully saturated rings. The molecular weight excluding hydrogens is 392 g/mol. The van der Waals surface area contributed by atoms with Crippen molar-refractivity contribution in [2.45, 2.75) is 52.7 Å². The first-order valence-corrected chi connectivity index (χ1v) is 10.4. The van der Waals surface area contributed by atoms with E-state index in [4.69, 9.17) is 0 Å². The lowest BCUT2D eigenvalue weighted by Crippen LogP contribution is -2.40. The number of aromatic amines is 1. The average Bonchev–Trinajstić information content (AvgIpc) is 2.71. The molecule has 0 aliphatic heterocycles. The molecule has 2 amide bonds. The molecule has 1 heterocycles.